The highest BCUT2D eigenvalue weighted by molar-refractivity contribution is 7.89. The van der Waals surface area contributed by atoms with Crippen LogP contribution in [0.2, 0.25) is 0 Å². The molecule has 2 aromatic rings. The summed E-state index contributed by atoms with van der Waals surface area (Å²) in [5.41, 5.74) is 5.74. The highest BCUT2D eigenvalue weighted by Gasteiger charge is 2.32. The number of ether oxygens (including phenoxy) is 1. The van der Waals surface area contributed by atoms with E-state index in [9.17, 15) is 18.0 Å². The molecule has 0 unspecified atom stereocenters. The Morgan fingerprint density at radius 1 is 1.07 bits per heavy atom. The molecule has 1 atom stereocenters. The summed E-state index contributed by atoms with van der Waals surface area (Å²) < 4.78 is 31.9. The Morgan fingerprint density at radius 3 is 2.34 bits per heavy atom. The van der Waals surface area contributed by atoms with Crippen LogP contribution >= 0.6 is 0 Å². The molecule has 9 nitrogen and oxygen atoms in total. The van der Waals surface area contributed by atoms with Crippen molar-refractivity contribution < 1.29 is 22.7 Å². The van der Waals surface area contributed by atoms with E-state index in [1.807, 2.05) is 0 Å². The summed E-state index contributed by atoms with van der Waals surface area (Å²) in [7, 11) is -3.60. The van der Waals surface area contributed by atoms with E-state index < -0.39 is 28.0 Å². The van der Waals surface area contributed by atoms with E-state index in [-0.39, 0.29) is 42.5 Å². The SMILES string of the molecule is C[C@H](OC(=O)c1cccnc1N)C(=O)N1CCN(S(=O)(=O)c2ccccc2)CC1. The fourth-order valence-corrected chi connectivity index (χ4v) is 4.46. The average molecular weight is 418 g/mol. The molecule has 29 heavy (non-hydrogen) atoms. The molecular formula is C19H22N4O5S. The Bertz CT molecular complexity index is 989. The normalized spacial score (nSPS) is 16.2. The lowest BCUT2D eigenvalue weighted by Gasteiger charge is -2.35. The number of rotatable bonds is 5. The van der Waals surface area contributed by atoms with Crippen molar-refractivity contribution in [3.05, 3.63) is 54.2 Å². The Hall–Kier alpha value is -2.98. The van der Waals surface area contributed by atoms with Crippen molar-refractivity contribution in [2.24, 2.45) is 0 Å². The van der Waals surface area contributed by atoms with Gasteiger partial charge in [-0.3, -0.25) is 4.79 Å². The average Bonchev–Trinajstić information content (AvgIpc) is 2.74. The molecule has 154 valence electrons. The summed E-state index contributed by atoms with van der Waals surface area (Å²) in [5.74, 6) is -1.10. The molecule has 10 heteroatoms. The molecule has 0 spiro atoms. The second-order valence-corrected chi connectivity index (χ2v) is 8.46. The molecule has 1 fully saturated rings. The second-order valence-electron chi connectivity index (χ2n) is 6.53. The number of hydrogen-bond donors (Lipinski definition) is 1. The molecule has 0 radical (unpaired) electrons. The van der Waals surface area contributed by atoms with Crippen LogP contribution in [0, 0.1) is 0 Å². The van der Waals surface area contributed by atoms with E-state index in [0.717, 1.165) is 0 Å². The summed E-state index contributed by atoms with van der Waals surface area (Å²) >= 11 is 0. The quantitative estimate of drug-likeness (QED) is 0.711. The van der Waals surface area contributed by atoms with E-state index in [4.69, 9.17) is 10.5 Å². The van der Waals surface area contributed by atoms with Gasteiger partial charge in [-0.25, -0.2) is 18.2 Å². The van der Waals surface area contributed by atoms with Crippen LogP contribution in [-0.2, 0) is 19.6 Å². The first-order chi connectivity index (χ1) is 13.8. The van der Waals surface area contributed by atoms with Crippen LogP contribution in [0.3, 0.4) is 0 Å². The molecule has 1 aromatic carbocycles. The van der Waals surface area contributed by atoms with E-state index >= 15 is 0 Å². The Balaban J connectivity index is 1.58. The Kier molecular flexibility index (Phi) is 6.14. The van der Waals surface area contributed by atoms with E-state index in [1.54, 1.807) is 36.4 Å². The van der Waals surface area contributed by atoms with Crippen LogP contribution in [-0.4, -0.2) is 66.8 Å². The van der Waals surface area contributed by atoms with Gasteiger partial charge in [0.15, 0.2) is 6.10 Å². The molecular weight excluding hydrogens is 396 g/mol. The maximum absolute atomic E-state index is 12.7. The Labute approximate surface area is 169 Å². The predicted octanol–water partition coefficient (Wildman–Crippen LogP) is 0.742. The molecule has 0 aliphatic carbocycles. The number of piperazine rings is 1. The van der Waals surface area contributed by atoms with Crippen molar-refractivity contribution in [3.63, 3.8) is 0 Å². The minimum absolute atomic E-state index is 0.0249. The minimum atomic E-state index is -3.60. The molecule has 1 aromatic heterocycles. The van der Waals surface area contributed by atoms with Gasteiger partial charge in [0, 0.05) is 32.4 Å². The number of sulfonamides is 1. The van der Waals surface area contributed by atoms with Gasteiger partial charge in [-0.05, 0) is 31.2 Å². The number of amides is 1. The summed E-state index contributed by atoms with van der Waals surface area (Å²) in [6, 6.07) is 11.2. The molecule has 0 saturated carbocycles. The lowest BCUT2D eigenvalue weighted by molar-refractivity contribution is -0.141. The van der Waals surface area contributed by atoms with E-state index in [1.165, 1.54) is 28.4 Å². The van der Waals surface area contributed by atoms with Crippen LogP contribution < -0.4 is 5.73 Å². The smallest absolute Gasteiger partial charge is 0.342 e. The monoisotopic (exact) mass is 418 g/mol. The first-order valence-corrected chi connectivity index (χ1v) is 10.5. The highest BCUT2D eigenvalue weighted by Crippen LogP contribution is 2.18. The lowest BCUT2D eigenvalue weighted by Crippen LogP contribution is -2.52. The minimum Gasteiger partial charge on any atom is -0.449 e. The highest BCUT2D eigenvalue weighted by atomic mass is 32.2. The maximum Gasteiger partial charge on any atom is 0.342 e. The number of anilines is 1. The third-order valence-corrected chi connectivity index (χ3v) is 6.53. The van der Waals surface area contributed by atoms with Crippen LogP contribution in [0.5, 0.6) is 0 Å². The first-order valence-electron chi connectivity index (χ1n) is 9.06. The number of hydrogen-bond acceptors (Lipinski definition) is 7. The topological polar surface area (TPSA) is 123 Å². The number of nitrogen functional groups attached to an aromatic ring is 1. The first kappa shape index (κ1) is 20.7. The van der Waals surface area contributed by atoms with Crippen molar-refractivity contribution >= 4 is 27.7 Å². The molecule has 3 rings (SSSR count). The van der Waals surface area contributed by atoms with E-state index in [2.05, 4.69) is 4.98 Å². The number of benzene rings is 1. The van der Waals surface area contributed by atoms with E-state index in [0.29, 0.717) is 0 Å². The number of pyridine rings is 1. The molecule has 2 N–H and O–H groups in total. The number of aromatic nitrogens is 1. The third kappa shape index (κ3) is 4.54. The van der Waals surface area contributed by atoms with Crippen molar-refractivity contribution in [2.75, 3.05) is 31.9 Å². The molecule has 1 aliphatic heterocycles. The van der Waals surface area contributed by atoms with Gasteiger partial charge in [0.1, 0.15) is 11.4 Å². The van der Waals surface area contributed by atoms with Gasteiger partial charge in [0.25, 0.3) is 5.91 Å². The van der Waals surface area contributed by atoms with Crippen molar-refractivity contribution in [1.29, 1.82) is 0 Å². The van der Waals surface area contributed by atoms with Gasteiger partial charge in [-0.15, -0.1) is 0 Å². The summed E-state index contributed by atoms with van der Waals surface area (Å²) in [6.45, 7) is 2.22. The Morgan fingerprint density at radius 2 is 1.72 bits per heavy atom. The second kappa shape index (κ2) is 8.58. The number of esters is 1. The number of carbonyl (C=O) groups excluding carboxylic acids is 2. The third-order valence-electron chi connectivity index (χ3n) is 4.62. The predicted molar refractivity (Wildman–Crippen MR) is 105 cm³/mol. The maximum atomic E-state index is 12.7. The van der Waals surface area contributed by atoms with Gasteiger partial charge < -0.3 is 15.4 Å². The van der Waals surface area contributed by atoms with Crippen LogP contribution in [0.4, 0.5) is 5.82 Å². The standard InChI is InChI=1S/C19H22N4O5S/c1-14(28-19(25)16-8-5-9-21-17(16)20)18(24)22-10-12-23(13-11-22)29(26,27)15-6-3-2-4-7-15/h2-9,14H,10-13H2,1H3,(H2,20,21)/t14-/m0/s1. The number of nitrogens with zero attached hydrogens (tertiary/aromatic N) is 3. The zero-order chi connectivity index (χ0) is 21.0. The molecule has 1 amide bonds. The van der Waals surface area contributed by atoms with Crippen molar-refractivity contribution in [1.82, 2.24) is 14.2 Å². The molecule has 1 saturated heterocycles. The molecule has 2 heterocycles. The fourth-order valence-electron chi connectivity index (χ4n) is 3.01. The molecule has 1 aliphatic rings. The van der Waals surface area contributed by atoms with Gasteiger partial charge >= 0.3 is 5.97 Å². The van der Waals surface area contributed by atoms with Gasteiger partial charge in [0.05, 0.1) is 4.90 Å². The largest absolute Gasteiger partial charge is 0.449 e. The zero-order valence-corrected chi connectivity index (χ0v) is 16.7. The van der Waals surface area contributed by atoms with Crippen LogP contribution in [0.1, 0.15) is 17.3 Å². The zero-order valence-electron chi connectivity index (χ0n) is 15.9. The van der Waals surface area contributed by atoms with Crippen LogP contribution in [0.25, 0.3) is 0 Å². The summed E-state index contributed by atoms with van der Waals surface area (Å²) in [4.78, 5) is 30.3. The van der Waals surface area contributed by atoms with Crippen molar-refractivity contribution in [3.8, 4) is 0 Å². The van der Waals surface area contributed by atoms with Gasteiger partial charge in [0.2, 0.25) is 10.0 Å². The fraction of sp³-hybridized carbons (Fsp3) is 0.316. The summed E-state index contributed by atoms with van der Waals surface area (Å²) in [5, 5.41) is 0. The molecule has 0 bridgehead atoms. The lowest BCUT2D eigenvalue weighted by atomic mass is 10.2. The number of carbonyl (C=O) groups is 2. The van der Waals surface area contributed by atoms with Crippen molar-refractivity contribution in [2.45, 2.75) is 17.9 Å². The van der Waals surface area contributed by atoms with Crippen LogP contribution in [0.15, 0.2) is 53.6 Å². The summed E-state index contributed by atoms with van der Waals surface area (Å²) in [6.07, 6.45) is 0.420. The van der Waals surface area contributed by atoms with Gasteiger partial charge in [-0.2, -0.15) is 4.31 Å². The number of nitrogens with two attached hydrogens (primary N) is 1. The van der Waals surface area contributed by atoms with Gasteiger partial charge in [-0.1, -0.05) is 18.2 Å².